The molecule has 0 atom stereocenters. The number of ether oxygens (including phenoxy) is 2. The number of piperazine rings is 1. The first kappa shape index (κ1) is 21.6. The van der Waals surface area contributed by atoms with Crippen LogP contribution in [0.1, 0.15) is 12.5 Å². The summed E-state index contributed by atoms with van der Waals surface area (Å²) in [5, 5.41) is 3.00. The van der Waals surface area contributed by atoms with Crippen molar-refractivity contribution in [1.29, 1.82) is 0 Å². The standard InChI is InChI=1S/C23H29N3O4/c1-3-18-6-4-5-7-21(18)24-22(27)16-25-12-14-26(15-13-25)23(28)17-30-20-10-8-19(29-2)9-11-20/h4-11H,3,12-17H2,1-2H3,(H,24,27). The van der Waals surface area contributed by atoms with Gasteiger partial charge in [-0.1, -0.05) is 25.1 Å². The molecule has 2 aromatic rings. The molecule has 0 saturated carbocycles. The average molecular weight is 412 g/mol. The number of para-hydroxylation sites is 1. The second kappa shape index (κ2) is 10.6. The van der Waals surface area contributed by atoms with Crippen LogP contribution in [0.5, 0.6) is 11.5 Å². The monoisotopic (exact) mass is 411 g/mol. The minimum atomic E-state index is -0.0493. The van der Waals surface area contributed by atoms with Crippen molar-refractivity contribution in [2.24, 2.45) is 0 Å². The molecule has 0 spiro atoms. The third kappa shape index (κ3) is 5.97. The number of hydrogen-bond acceptors (Lipinski definition) is 5. The Morgan fingerprint density at radius 1 is 0.967 bits per heavy atom. The number of nitrogens with zero attached hydrogens (tertiary/aromatic N) is 2. The predicted octanol–water partition coefficient (Wildman–Crippen LogP) is 2.42. The van der Waals surface area contributed by atoms with Gasteiger partial charge < -0.3 is 19.7 Å². The highest BCUT2D eigenvalue weighted by molar-refractivity contribution is 5.93. The van der Waals surface area contributed by atoms with Crippen molar-refractivity contribution in [3.63, 3.8) is 0 Å². The molecule has 1 aliphatic rings. The number of hydrogen-bond donors (Lipinski definition) is 1. The molecule has 2 aromatic carbocycles. The largest absolute Gasteiger partial charge is 0.497 e. The normalized spacial score (nSPS) is 14.3. The smallest absolute Gasteiger partial charge is 0.260 e. The molecule has 7 nitrogen and oxygen atoms in total. The van der Waals surface area contributed by atoms with Crippen LogP contribution < -0.4 is 14.8 Å². The summed E-state index contributed by atoms with van der Waals surface area (Å²) in [4.78, 5) is 28.7. The number of anilines is 1. The highest BCUT2D eigenvalue weighted by Crippen LogP contribution is 2.17. The van der Waals surface area contributed by atoms with E-state index in [-0.39, 0.29) is 18.4 Å². The van der Waals surface area contributed by atoms with E-state index in [4.69, 9.17) is 9.47 Å². The average Bonchev–Trinajstić information content (AvgIpc) is 2.78. The summed E-state index contributed by atoms with van der Waals surface area (Å²) in [5.41, 5.74) is 1.99. The van der Waals surface area contributed by atoms with Gasteiger partial charge in [0.25, 0.3) is 5.91 Å². The lowest BCUT2D eigenvalue weighted by Crippen LogP contribution is -2.51. The Labute approximate surface area is 177 Å². The summed E-state index contributed by atoms with van der Waals surface area (Å²) in [5.74, 6) is 1.30. The van der Waals surface area contributed by atoms with E-state index in [1.807, 2.05) is 24.3 Å². The van der Waals surface area contributed by atoms with Crippen LogP contribution in [0.2, 0.25) is 0 Å². The zero-order valence-electron chi connectivity index (χ0n) is 17.6. The highest BCUT2D eigenvalue weighted by atomic mass is 16.5. The summed E-state index contributed by atoms with van der Waals surface area (Å²) in [6.45, 7) is 4.89. The summed E-state index contributed by atoms with van der Waals surface area (Å²) in [6, 6.07) is 15.0. The Balaban J connectivity index is 1.40. The van der Waals surface area contributed by atoms with Crippen molar-refractivity contribution in [3.05, 3.63) is 54.1 Å². The van der Waals surface area contributed by atoms with Gasteiger partial charge in [-0.25, -0.2) is 0 Å². The molecule has 1 aliphatic heterocycles. The first-order valence-electron chi connectivity index (χ1n) is 10.2. The van der Waals surface area contributed by atoms with Gasteiger partial charge in [-0.3, -0.25) is 14.5 Å². The minimum absolute atomic E-state index is 0.000612. The molecule has 1 heterocycles. The van der Waals surface area contributed by atoms with Gasteiger partial charge >= 0.3 is 0 Å². The van der Waals surface area contributed by atoms with Crippen LogP contribution in [-0.2, 0) is 16.0 Å². The van der Waals surface area contributed by atoms with Crippen LogP contribution in [0.25, 0.3) is 0 Å². The summed E-state index contributed by atoms with van der Waals surface area (Å²) < 4.78 is 10.7. The number of carbonyl (C=O) groups excluding carboxylic acids is 2. The molecular formula is C23H29N3O4. The first-order valence-corrected chi connectivity index (χ1v) is 10.2. The van der Waals surface area contributed by atoms with Gasteiger partial charge in [-0.05, 0) is 42.3 Å². The third-order valence-electron chi connectivity index (χ3n) is 5.19. The SMILES string of the molecule is CCc1ccccc1NC(=O)CN1CCN(C(=O)COc2ccc(OC)cc2)CC1. The molecule has 0 bridgehead atoms. The highest BCUT2D eigenvalue weighted by Gasteiger charge is 2.23. The molecule has 30 heavy (non-hydrogen) atoms. The Bertz CT molecular complexity index is 846. The molecule has 0 aromatic heterocycles. The number of amides is 2. The fourth-order valence-corrected chi connectivity index (χ4v) is 3.41. The molecule has 0 aliphatic carbocycles. The second-order valence-electron chi connectivity index (χ2n) is 7.18. The lowest BCUT2D eigenvalue weighted by Gasteiger charge is -2.34. The van der Waals surface area contributed by atoms with Crippen LogP contribution in [0.4, 0.5) is 5.69 Å². The quantitative estimate of drug-likeness (QED) is 0.722. The van der Waals surface area contributed by atoms with Crippen LogP contribution >= 0.6 is 0 Å². The van der Waals surface area contributed by atoms with E-state index < -0.39 is 0 Å². The fraction of sp³-hybridized carbons (Fsp3) is 0.391. The van der Waals surface area contributed by atoms with E-state index in [0.717, 1.165) is 23.4 Å². The molecule has 0 unspecified atom stereocenters. The number of benzene rings is 2. The number of nitrogens with one attached hydrogen (secondary N) is 1. The summed E-state index contributed by atoms with van der Waals surface area (Å²) in [7, 11) is 1.60. The van der Waals surface area contributed by atoms with E-state index in [1.165, 1.54) is 0 Å². The molecule has 1 N–H and O–H groups in total. The van der Waals surface area contributed by atoms with Crippen molar-refractivity contribution >= 4 is 17.5 Å². The number of aryl methyl sites for hydroxylation is 1. The number of rotatable bonds is 8. The molecule has 160 valence electrons. The second-order valence-corrected chi connectivity index (χ2v) is 7.18. The van der Waals surface area contributed by atoms with Crippen molar-refractivity contribution in [1.82, 2.24) is 9.80 Å². The van der Waals surface area contributed by atoms with Crippen molar-refractivity contribution < 1.29 is 19.1 Å². The topological polar surface area (TPSA) is 71.1 Å². The molecule has 1 saturated heterocycles. The predicted molar refractivity (Wildman–Crippen MR) is 116 cm³/mol. The van der Waals surface area contributed by atoms with Crippen molar-refractivity contribution in [2.45, 2.75) is 13.3 Å². The van der Waals surface area contributed by atoms with Crippen LogP contribution in [0.3, 0.4) is 0 Å². The van der Waals surface area contributed by atoms with Crippen LogP contribution in [0, 0.1) is 0 Å². The molecule has 3 rings (SSSR count). The lowest BCUT2D eigenvalue weighted by molar-refractivity contribution is -0.135. The zero-order valence-corrected chi connectivity index (χ0v) is 17.6. The summed E-state index contributed by atoms with van der Waals surface area (Å²) >= 11 is 0. The van der Waals surface area contributed by atoms with E-state index in [0.29, 0.717) is 38.5 Å². The van der Waals surface area contributed by atoms with Gasteiger partial charge in [-0.2, -0.15) is 0 Å². The summed E-state index contributed by atoms with van der Waals surface area (Å²) in [6.07, 6.45) is 0.871. The molecule has 7 heteroatoms. The van der Waals surface area contributed by atoms with Gasteiger partial charge in [0.05, 0.1) is 13.7 Å². The Morgan fingerprint density at radius 2 is 1.63 bits per heavy atom. The Kier molecular flexibility index (Phi) is 7.68. The van der Waals surface area contributed by atoms with Gasteiger partial charge in [0.15, 0.2) is 6.61 Å². The van der Waals surface area contributed by atoms with Gasteiger partial charge in [0.2, 0.25) is 5.91 Å². The molecule has 0 radical (unpaired) electrons. The van der Waals surface area contributed by atoms with Crippen molar-refractivity contribution in [3.8, 4) is 11.5 Å². The number of methoxy groups -OCH3 is 1. The van der Waals surface area contributed by atoms with E-state index >= 15 is 0 Å². The lowest BCUT2D eigenvalue weighted by atomic mass is 10.1. The Hall–Kier alpha value is -3.06. The zero-order chi connectivity index (χ0) is 21.3. The van der Waals surface area contributed by atoms with Gasteiger partial charge in [-0.15, -0.1) is 0 Å². The Morgan fingerprint density at radius 3 is 2.30 bits per heavy atom. The van der Waals surface area contributed by atoms with E-state index in [9.17, 15) is 9.59 Å². The van der Waals surface area contributed by atoms with E-state index in [2.05, 4.69) is 17.1 Å². The first-order chi connectivity index (χ1) is 14.6. The maximum atomic E-state index is 12.4. The maximum absolute atomic E-state index is 12.4. The number of carbonyl (C=O) groups is 2. The third-order valence-corrected chi connectivity index (χ3v) is 5.19. The van der Waals surface area contributed by atoms with Crippen molar-refractivity contribution in [2.75, 3.05) is 51.8 Å². The van der Waals surface area contributed by atoms with Gasteiger partial charge in [0, 0.05) is 31.9 Å². The van der Waals surface area contributed by atoms with Crippen LogP contribution in [-0.4, -0.2) is 68.1 Å². The minimum Gasteiger partial charge on any atom is -0.497 e. The molecule has 2 amide bonds. The van der Waals surface area contributed by atoms with E-state index in [1.54, 1.807) is 36.3 Å². The maximum Gasteiger partial charge on any atom is 0.260 e. The van der Waals surface area contributed by atoms with Crippen LogP contribution in [0.15, 0.2) is 48.5 Å². The molecular weight excluding hydrogens is 382 g/mol. The van der Waals surface area contributed by atoms with Gasteiger partial charge in [0.1, 0.15) is 11.5 Å². The molecule has 1 fully saturated rings. The fourth-order valence-electron chi connectivity index (χ4n) is 3.41.